The van der Waals surface area contributed by atoms with Crippen LogP contribution in [-0.2, 0) is 4.74 Å². The van der Waals surface area contributed by atoms with Gasteiger partial charge < -0.3 is 10.1 Å². The van der Waals surface area contributed by atoms with Gasteiger partial charge in [0, 0.05) is 6.54 Å². The van der Waals surface area contributed by atoms with Crippen LogP contribution in [0.25, 0.3) is 0 Å². The van der Waals surface area contributed by atoms with Gasteiger partial charge in [-0.1, -0.05) is 26.2 Å². The molecule has 1 heterocycles. The molecule has 0 aromatic heterocycles. The fraction of sp³-hybridized carbons (Fsp3) is 1.00. The molecular formula is C19H37NO. The molecule has 1 N–H and O–H groups in total. The molecule has 0 spiro atoms. The molecule has 0 aromatic carbocycles. The molecule has 0 aromatic rings. The molecule has 1 saturated carbocycles. The van der Waals surface area contributed by atoms with Crippen LogP contribution in [0.4, 0.5) is 0 Å². The SMILES string of the molecule is CCCCC1CCC(CNC)(CC2CCC(C)(C)O2)CC1. The van der Waals surface area contributed by atoms with Gasteiger partial charge in [-0.25, -0.2) is 0 Å². The lowest BCUT2D eigenvalue weighted by molar-refractivity contribution is -0.0430. The van der Waals surface area contributed by atoms with Crippen molar-refractivity contribution in [3.63, 3.8) is 0 Å². The Morgan fingerprint density at radius 3 is 2.33 bits per heavy atom. The van der Waals surface area contributed by atoms with Crippen LogP contribution < -0.4 is 5.32 Å². The Morgan fingerprint density at radius 2 is 1.81 bits per heavy atom. The Morgan fingerprint density at radius 1 is 1.10 bits per heavy atom. The third kappa shape index (κ3) is 4.96. The third-order valence-electron chi connectivity index (χ3n) is 5.90. The number of nitrogens with one attached hydrogen (secondary N) is 1. The highest BCUT2D eigenvalue weighted by molar-refractivity contribution is 4.92. The molecule has 0 amide bonds. The number of hydrogen-bond acceptors (Lipinski definition) is 2. The van der Waals surface area contributed by atoms with Crippen LogP contribution in [-0.4, -0.2) is 25.3 Å². The predicted octanol–water partition coefficient (Wildman–Crippen LogP) is 4.92. The first-order chi connectivity index (χ1) is 9.99. The molecule has 2 heteroatoms. The Labute approximate surface area is 132 Å². The fourth-order valence-corrected chi connectivity index (χ4v) is 4.60. The smallest absolute Gasteiger partial charge is 0.0631 e. The lowest BCUT2D eigenvalue weighted by atomic mass is 9.66. The Balaban J connectivity index is 1.87. The van der Waals surface area contributed by atoms with E-state index in [2.05, 4.69) is 33.1 Å². The van der Waals surface area contributed by atoms with Crippen molar-refractivity contribution in [2.75, 3.05) is 13.6 Å². The highest BCUT2D eigenvalue weighted by atomic mass is 16.5. The summed E-state index contributed by atoms with van der Waals surface area (Å²) in [5.74, 6) is 0.996. The van der Waals surface area contributed by atoms with Crippen LogP contribution in [0.1, 0.15) is 85.0 Å². The molecule has 1 unspecified atom stereocenters. The number of hydrogen-bond donors (Lipinski definition) is 1. The third-order valence-corrected chi connectivity index (χ3v) is 5.90. The monoisotopic (exact) mass is 295 g/mol. The molecule has 2 nitrogen and oxygen atoms in total. The van der Waals surface area contributed by atoms with Crippen molar-refractivity contribution in [2.24, 2.45) is 11.3 Å². The van der Waals surface area contributed by atoms with E-state index in [1.54, 1.807) is 0 Å². The molecule has 1 atom stereocenters. The van der Waals surface area contributed by atoms with Crippen molar-refractivity contribution < 1.29 is 4.74 Å². The van der Waals surface area contributed by atoms with Crippen molar-refractivity contribution in [1.82, 2.24) is 5.32 Å². The van der Waals surface area contributed by atoms with E-state index in [4.69, 9.17) is 4.74 Å². The molecule has 1 saturated heterocycles. The molecule has 0 bridgehead atoms. The Hall–Kier alpha value is -0.0800. The van der Waals surface area contributed by atoms with Gasteiger partial charge in [0.05, 0.1) is 11.7 Å². The highest BCUT2D eigenvalue weighted by Gasteiger charge is 2.40. The summed E-state index contributed by atoms with van der Waals surface area (Å²) < 4.78 is 6.29. The quantitative estimate of drug-likeness (QED) is 0.720. The summed E-state index contributed by atoms with van der Waals surface area (Å²) in [6, 6.07) is 0. The number of ether oxygens (including phenoxy) is 1. The predicted molar refractivity (Wildman–Crippen MR) is 90.6 cm³/mol. The first-order valence-electron chi connectivity index (χ1n) is 9.31. The second-order valence-electron chi connectivity index (χ2n) is 8.36. The molecule has 2 fully saturated rings. The highest BCUT2D eigenvalue weighted by Crippen LogP contribution is 2.46. The van der Waals surface area contributed by atoms with Crippen LogP contribution >= 0.6 is 0 Å². The van der Waals surface area contributed by atoms with Crippen LogP contribution in [0, 0.1) is 11.3 Å². The van der Waals surface area contributed by atoms with Crippen molar-refractivity contribution in [1.29, 1.82) is 0 Å². The van der Waals surface area contributed by atoms with E-state index in [1.807, 2.05) is 0 Å². The minimum Gasteiger partial charge on any atom is -0.372 e. The van der Waals surface area contributed by atoms with E-state index in [-0.39, 0.29) is 5.60 Å². The topological polar surface area (TPSA) is 21.3 Å². The molecule has 2 aliphatic rings. The van der Waals surface area contributed by atoms with Crippen molar-refractivity contribution in [2.45, 2.75) is 96.7 Å². The van der Waals surface area contributed by atoms with Gasteiger partial charge in [0.2, 0.25) is 0 Å². The van der Waals surface area contributed by atoms with E-state index < -0.39 is 0 Å². The van der Waals surface area contributed by atoms with Gasteiger partial charge in [0.25, 0.3) is 0 Å². The van der Waals surface area contributed by atoms with Gasteiger partial charge in [-0.15, -0.1) is 0 Å². The summed E-state index contributed by atoms with van der Waals surface area (Å²) in [6.07, 6.45) is 14.2. The zero-order valence-corrected chi connectivity index (χ0v) is 14.8. The maximum atomic E-state index is 6.29. The summed E-state index contributed by atoms with van der Waals surface area (Å²) in [5, 5.41) is 3.48. The molecule has 124 valence electrons. The lowest BCUT2D eigenvalue weighted by Gasteiger charge is -2.42. The average Bonchev–Trinajstić information content (AvgIpc) is 2.77. The minimum atomic E-state index is 0.115. The van der Waals surface area contributed by atoms with Crippen LogP contribution in [0.5, 0.6) is 0 Å². The number of unbranched alkanes of at least 4 members (excludes halogenated alkanes) is 1. The minimum absolute atomic E-state index is 0.115. The molecule has 2 rings (SSSR count). The van der Waals surface area contributed by atoms with E-state index in [0.717, 1.165) is 5.92 Å². The lowest BCUT2D eigenvalue weighted by Crippen LogP contribution is -2.39. The maximum absolute atomic E-state index is 6.29. The second-order valence-corrected chi connectivity index (χ2v) is 8.36. The van der Waals surface area contributed by atoms with Gasteiger partial charge in [0.15, 0.2) is 0 Å². The van der Waals surface area contributed by atoms with Gasteiger partial charge >= 0.3 is 0 Å². The second kappa shape index (κ2) is 7.46. The normalized spacial score (nSPS) is 36.0. The standard InChI is InChI=1S/C19H37NO/c1-5-6-7-16-8-12-19(13-9-16,15-20-4)14-17-10-11-18(2,3)21-17/h16-17,20H,5-15H2,1-4H3. The first-order valence-corrected chi connectivity index (χ1v) is 9.31. The summed E-state index contributed by atoms with van der Waals surface area (Å²) in [6.45, 7) is 7.99. The molecule has 1 aliphatic carbocycles. The summed E-state index contributed by atoms with van der Waals surface area (Å²) >= 11 is 0. The van der Waals surface area contributed by atoms with Gasteiger partial charge in [-0.2, -0.15) is 0 Å². The van der Waals surface area contributed by atoms with E-state index >= 15 is 0 Å². The number of rotatable bonds is 7. The van der Waals surface area contributed by atoms with Crippen molar-refractivity contribution in [3.05, 3.63) is 0 Å². The summed E-state index contributed by atoms with van der Waals surface area (Å²) in [5.41, 5.74) is 0.617. The molecule has 21 heavy (non-hydrogen) atoms. The van der Waals surface area contributed by atoms with Gasteiger partial charge in [-0.05, 0) is 77.2 Å². The zero-order valence-electron chi connectivity index (χ0n) is 14.8. The van der Waals surface area contributed by atoms with E-state index in [1.165, 1.54) is 70.8 Å². The van der Waals surface area contributed by atoms with Crippen molar-refractivity contribution in [3.8, 4) is 0 Å². The van der Waals surface area contributed by atoms with Gasteiger partial charge in [0.1, 0.15) is 0 Å². The average molecular weight is 296 g/mol. The molecular weight excluding hydrogens is 258 g/mol. The van der Waals surface area contributed by atoms with Crippen LogP contribution in [0.3, 0.4) is 0 Å². The Bertz CT molecular complexity index is 305. The molecule has 1 aliphatic heterocycles. The largest absolute Gasteiger partial charge is 0.372 e. The maximum Gasteiger partial charge on any atom is 0.0631 e. The summed E-state index contributed by atoms with van der Waals surface area (Å²) in [7, 11) is 2.12. The Kier molecular flexibility index (Phi) is 6.14. The van der Waals surface area contributed by atoms with Crippen molar-refractivity contribution >= 4 is 0 Å². The molecule has 0 radical (unpaired) electrons. The van der Waals surface area contributed by atoms with E-state index in [0.29, 0.717) is 11.5 Å². The first kappa shape index (κ1) is 17.3. The van der Waals surface area contributed by atoms with E-state index in [9.17, 15) is 0 Å². The zero-order chi connectivity index (χ0) is 15.3. The van der Waals surface area contributed by atoms with Gasteiger partial charge in [-0.3, -0.25) is 0 Å². The van der Waals surface area contributed by atoms with Crippen LogP contribution in [0.15, 0.2) is 0 Å². The summed E-state index contributed by atoms with van der Waals surface area (Å²) in [4.78, 5) is 0. The fourth-order valence-electron chi connectivity index (χ4n) is 4.60. The van der Waals surface area contributed by atoms with Crippen LogP contribution in [0.2, 0.25) is 0 Å².